The molecule has 15 heavy (non-hydrogen) atoms. The molecule has 0 aliphatic carbocycles. The van der Waals surface area contributed by atoms with Crippen LogP contribution in [0.25, 0.3) is 0 Å². The molecule has 0 fully saturated rings. The first kappa shape index (κ1) is 11.9. The quantitative estimate of drug-likeness (QED) is 0.732. The van der Waals surface area contributed by atoms with Crippen molar-refractivity contribution in [3.05, 3.63) is 47.8 Å². The first-order valence-electron chi connectivity index (χ1n) is 5.18. The molecule has 1 rings (SSSR count). The summed E-state index contributed by atoms with van der Waals surface area (Å²) >= 11 is 0. The molecule has 1 aromatic rings. The van der Waals surface area contributed by atoms with Gasteiger partial charge in [-0.15, -0.1) is 6.58 Å². The molecule has 1 atom stereocenters. The number of halogens is 1. The smallest absolute Gasteiger partial charge is 0.123 e. The van der Waals surface area contributed by atoms with E-state index in [0.717, 1.165) is 24.0 Å². The predicted octanol–water partition coefficient (Wildman–Crippen LogP) is 2.92. The minimum absolute atomic E-state index is 0.181. The van der Waals surface area contributed by atoms with Gasteiger partial charge in [0.1, 0.15) is 5.82 Å². The predicted molar refractivity (Wildman–Crippen MR) is 62.4 cm³/mol. The van der Waals surface area contributed by atoms with Crippen LogP contribution < -0.4 is 5.32 Å². The van der Waals surface area contributed by atoms with Crippen molar-refractivity contribution in [2.75, 3.05) is 7.05 Å². The Labute approximate surface area is 91.0 Å². The van der Waals surface area contributed by atoms with E-state index >= 15 is 0 Å². The van der Waals surface area contributed by atoms with E-state index in [0.29, 0.717) is 6.04 Å². The van der Waals surface area contributed by atoms with Gasteiger partial charge in [-0.3, -0.25) is 0 Å². The lowest BCUT2D eigenvalue weighted by Crippen LogP contribution is -2.27. The summed E-state index contributed by atoms with van der Waals surface area (Å²) in [5.74, 6) is -0.181. The van der Waals surface area contributed by atoms with Crippen molar-refractivity contribution in [1.29, 1.82) is 0 Å². The second-order valence-corrected chi connectivity index (χ2v) is 3.98. The molecule has 0 heterocycles. The van der Waals surface area contributed by atoms with Crippen LogP contribution in [0, 0.1) is 5.82 Å². The first-order valence-corrected chi connectivity index (χ1v) is 5.18. The third kappa shape index (κ3) is 4.26. The summed E-state index contributed by atoms with van der Waals surface area (Å²) in [5.41, 5.74) is 2.31. The molecule has 0 aliphatic heterocycles. The topological polar surface area (TPSA) is 12.0 Å². The first-order chi connectivity index (χ1) is 7.11. The van der Waals surface area contributed by atoms with Gasteiger partial charge in [0.05, 0.1) is 0 Å². The van der Waals surface area contributed by atoms with Crippen LogP contribution in [-0.2, 0) is 6.42 Å². The maximum absolute atomic E-state index is 12.7. The Bertz CT molecular complexity index is 316. The highest BCUT2D eigenvalue weighted by Gasteiger charge is 2.07. The Kier molecular flexibility index (Phi) is 4.50. The van der Waals surface area contributed by atoms with Gasteiger partial charge in [0.25, 0.3) is 0 Å². The zero-order valence-corrected chi connectivity index (χ0v) is 9.39. The fourth-order valence-corrected chi connectivity index (χ4v) is 1.60. The number of nitrogens with one attached hydrogen (secondary N) is 1. The van der Waals surface area contributed by atoms with Gasteiger partial charge in [0.15, 0.2) is 0 Å². The molecule has 0 saturated heterocycles. The van der Waals surface area contributed by atoms with Crippen LogP contribution in [0.5, 0.6) is 0 Å². The molecule has 2 heteroatoms. The highest BCUT2D eigenvalue weighted by Crippen LogP contribution is 2.10. The molecule has 0 saturated carbocycles. The normalized spacial score (nSPS) is 12.5. The minimum Gasteiger partial charge on any atom is -0.316 e. The maximum Gasteiger partial charge on any atom is 0.123 e. The molecular weight excluding hydrogens is 189 g/mol. The number of benzene rings is 1. The van der Waals surface area contributed by atoms with Gasteiger partial charge in [-0.2, -0.15) is 0 Å². The molecule has 1 unspecified atom stereocenters. The molecule has 0 aromatic heterocycles. The van der Waals surface area contributed by atoms with Crippen molar-refractivity contribution < 1.29 is 4.39 Å². The number of hydrogen-bond donors (Lipinski definition) is 1. The van der Waals surface area contributed by atoms with Crippen molar-refractivity contribution in [3.8, 4) is 0 Å². The summed E-state index contributed by atoms with van der Waals surface area (Å²) in [4.78, 5) is 0. The third-order valence-electron chi connectivity index (χ3n) is 2.40. The van der Waals surface area contributed by atoms with Gasteiger partial charge in [-0.1, -0.05) is 17.7 Å². The maximum atomic E-state index is 12.7. The van der Waals surface area contributed by atoms with E-state index in [-0.39, 0.29) is 5.82 Å². The average Bonchev–Trinajstić information content (AvgIpc) is 2.19. The van der Waals surface area contributed by atoms with E-state index in [1.807, 2.05) is 26.1 Å². The number of likely N-dealkylation sites (N-methyl/N-ethyl adjacent to an activating group) is 1. The van der Waals surface area contributed by atoms with Crippen LogP contribution in [0.2, 0.25) is 0 Å². The second-order valence-electron chi connectivity index (χ2n) is 3.98. The van der Waals surface area contributed by atoms with Crippen molar-refractivity contribution >= 4 is 0 Å². The Morgan fingerprint density at radius 2 is 2.00 bits per heavy atom. The van der Waals surface area contributed by atoms with Crippen LogP contribution in [-0.4, -0.2) is 13.1 Å². The lowest BCUT2D eigenvalue weighted by Gasteiger charge is -2.16. The molecule has 0 radical (unpaired) electrons. The van der Waals surface area contributed by atoms with Gasteiger partial charge in [0.2, 0.25) is 0 Å². The zero-order chi connectivity index (χ0) is 11.3. The zero-order valence-electron chi connectivity index (χ0n) is 9.39. The van der Waals surface area contributed by atoms with Gasteiger partial charge in [0, 0.05) is 6.04 Å². The molecule has 0 spiro atoms. The van der Waals surface area contributed by atoms with Crippen LogP contribution in [0.1, 0.15) is 18.9 Å². The number of rotatable bonds is 5. The molecular formula is C13H18FN. The van der Waals surface area contributed by atoms with Crippen molar-refractivity contribution in [1.82, 2.24) is 5.32 Å². The van der Waals surface area contributed by atoms with E-state index in [2.05, 4.69) is 11.9 Å². The van der Waals surface area contributed by atoms with E-state index in [1.54, 1.807) is 0 Å². The fraction of sp³-hybridized carbons (Fsp3) is 0.385. The van der Waals surface area contributed by atoms with Crippen molar-refractivity contribution in [3.63, 3.8) is 0 Å². The van der Waals surface area contributed by atoms with Crippen LogP contribution >= 0.6 is 0 Å². The lowest BCUT2D eigenvalue weighted by atomic mass is 10.0. The number of hydrogen-bond acceptors (Lipinski definition) is 1. The minimum atomic E-state index is -0.181. The molecule has 0 bridgehead atoms. The summed E-state index contributed by atoms with van der Waals surface area (Å²) < 4.78 is 12.7. The summed E-state index contributed by atoms with van der Waals surface area (Å²) in [5, 5.41) is 3.24. The molecule has 0 aliphatic rings. The SMILES string of the molecule is C=C(C)CC(Cc1ccc(F)cc1)NC. The third-order valence-corrected chi connectivity index (χ3v) is 2.40. The molecule has 1 aromatic carbocycles. The Morgan fingerprint density at radius 1 is 1.40 bits per heavy atom. The largest absolute Gasteiger partial charge is 0.316 e. The van der Waals surface area contributed by atoms with Gasteiger partial charge in [-0.05, 0) is 44.5 Å². The van der Waals surface area contributed by atoms with Gasteiger partial charge >= 0.3 is 0 Å². The Balaban J connectivity index is 2.58. The van der Waals surface area contributed by atoms with Crippen LogP contribution in [0.4, 0.5) is 4.39 Å². The van der Waals surface area contributed by atoms with Crippen LogP contribution in [0.15, 0.2) is 36.4 Å². The van der Waals surface area contributed by atoms with Gasteiger partial charge in [-0.25, -0.2) is 4.39 Å². The van der Waals surface area contributed by atoms with Crippen molar-refractivity contribution in [2.45, 2.75) is 25.8 Å². The summed E-state index contributed by atoms with van der Waals surface area (Å²) in [6.07, 6.45) is 1.86. The average molecular weight is 207 g/mol. The van der Waals surface area contributed by atoms with E-state index in [4.69, 9.17) is 0 Å². The second kappa shape index (κ2) is 5.66. The van der Waals surface area contributed by atoms with Crippen molar-refractivity contribution in [2.24, 2.45) is 0 Å². The fourth-order valence-electron chi connectivity index (χ4n) is 1.60. The van der Waals surface area contributed by atoms with Crippen LogP contribution in [0.3, 0.4) is 0 Å². The molecule has 1 nitrogen and oxygen atoms in total. The highest BCUT2D eigenvalue weighted by molar-refractivity contribution is 5.17. The molecule has 1 N–H and O–H groups in total. The molecule has 0 amide bonds. The summed E-state index contributed by atoms with van der Waals surface area (Å²) in [6.45, 7) is 5.92. The summed E-state index contributed by atoms with van der Waals surface area (Å²) in [7, 11) is 1.94. The molecule has 82 valence electrons. The van der Waals surface area contributed by atoms with Gasteiger partial charge < -0.3 is 5.32 Å². The summed E-state index contributed by atoms with van der Waals surface area (Å²) in [6, 6.07) is 7.05. The van der Waals surface area contributed by atoms with E-state index in [9.17, 15) is 4.39 Å². The van der Waals surface area contributed by atoms with E-state index in [1.165, 1.54) is 12.1 Å². The lowest BCUT2D eigenvalue weighted by molar-refractivity contribution is 0.553. The van der Waals surface area contributed by atoms with E-state index < -0.39 is 0 Å². The Morgan fingerprint density at radius 3 is 2.47 bits per heavy atom. The highest BCUT2D eigenvalue weighted by atomic mass is 19.1. The standard InChI is InChI=1S/C13H18FN/c1-10(2)8-13(15-3)9-11-4-6-12(14)7-5-11/h4-7,13,15H,1,8-9H2,2-3H3. The monoisotopic (exact) mass is 207 g/mol. The Hall–Kier alpha value is -1.15.